The highest BCUT2D eigenvalue weighted by Crippen LogP contribution is 2.41. The van der Waals surface area contributed by atoms with E-state index < -0.39 is 10.0 Å². The van der Waals surface area contributed by atoms with Crippen molar-refractivity contribution in [1.29, 1.82) is 0 Å². The highest BCUT2D eigenvalue weighted by atomic mass is 32.2. The largest absolute Gasteiger partial charge is 0.374 e. The first kappa shape index (κ1) is 22.3. The van der Waals surface area contributed by atoms with E-state index in [2.05, 4.69) is 24.6 Å². The lowest BCUT2D eigenvalue weighted by Gasteiger charge is -2.17. The van der Waals surface area contributed by atoms with Crippen LogP contribution in [0.15, 0.2) is 47.9 Å². The number of hydrogen-bond donors (Lipinski definition) is 2. The van der Waals surface area contributed by atoms with Crippen LogP contribution in [-0.2, 0) is 16.4 Å². The summed E-state index contributed by atoms with van der Waals surface area (Å²) in [6, 6.07) is 6.58. The van der Waals surface area contributed by atoms with E-state index in [1.54, 1.807) is 24.5 Å². The van der Waals surface area contributed by atoms with Crippen LogP contribution >= 0.6 is 0 Å². The molecule has 1 aliphatic heterocycles. The average molecular weight is 480 g/mol. The van der Waals surface area contributed by atoms with Gasteiger partial charge in [-0.25, -0.2) is 14.4 Å². The second-order valence-corrected chi connectivity index (χ2v) is 10.7. The number of nitrogens with zero attached hydrogens (tertiary/aromatic N) is 3. The van der Waals surface area contributed by atoms with Gasteiger partial charge in [0.25, 0.3) is 10.0 Å². The Labute approximate surface area is 198 Å². The number of pyridine rings is 2. The van der Waals surface area contributed by atoms with Gasteiger partial charge in [-0.15, -0.1) is 0 Å². The van der Waals surface area contributed by atoms with Crippen LogP contribution in [0.1, 0.15) is 36.5 Å². The number of benzene rings is 1. The number of aryl methyl sites for hydroxylation is 1. The lowest BCUT2D eigenvalue weighted by molar-refractivity contribution is 0.597. The van der Waals surface area contributed by atoms with Crippen molar-refractivity contribution in [2.24, 2.45) is 0 Å². The summed E-state index contributed by atoms with van der Waals surface area (Å²) in [6.45, 7) is 6.60. The number of anilines is 2. The van der Waals surface area contributed by atoms with Gasteiger partial charge in [0.2, 0.25) is 0 Å². The van der Waals surface area contributed by atoms with Crippen molar-refractivity contribution in [2.75, 3.05) is 23.2 Å². The minimum Gasteiger partial charge on any atom is -0.374 e. The topological polar surface area (TPSA) is 91.0 Å². The third kappa shape index (κ3) is 3.69. The molecule has 7 nitrogen and oxygen atoms in total. The molecule has 4 aromatic rings. The molecule has 0 bridgehead atoms. The molecule has 2 N–H and O–H groups in total. The van der Waals surface area contributed by atoms with Crippen LogP contribution in [-0.4, -0.2) is 37.0 Å². The van der Waals surface area contributed by atoms with Crippen LogP contribution in [0.4, 0.5) is 15.8 Å². The van der Waals surface area contributed by atoms with Crippen molar-refractivity contribution < 1.29 is 12.8 Å². The molecule has 0 amide bonds. The summed E-state index contributed by atoms with van der Waals surface area (Å²) in [5, 5.41) is 0.446. The summed E-state index contributed by atoms with van der Waals surface area (Å²) in [6.07, 6.45) is 5.65. The van der Waals surface area contributed by atoms with Gasteiger partial charge < -0.3 is 9.88 Å². The average Bonchev–Trinajstić information content (AvgIpc) is 3.37. The van der Waals surface area contributed by atoms with E-state index in [1.807, 2.05) is 33.9 Å². The number of halogens is 1. The zero-order chi connectivity index (χ0) is 24.2. The fraction of sp³-hybridized carbons (Fsp3) is 0.280. The highest BCUT2D eigenvalue weighted by Gasteiger charge is 2.26. The number of nitrogens with one attached hydrogen (secondary N) is 2. The third-order valence-corrected chi connectivity index (χ3v) is 7.60. The van der Waals surface area contributed by atoms with E-state index in [0.29, 0.717) is 33.4 Å². The first-order valence-corrected chi connectivity index (χ1v) is 12.6. The van der Waals surface area contributed by atoms with Crippen molar-refractivity contribution in [3.8, 4) is 11.1 Å². The van der Waals surface area contributed by atoms with Gasteiger partial charge in [-0.05, 0) is 54.2 Å². The van der Waals surface area contributed by atoms with Crippen LogP contribution in [0.5, 0.6) is 0 Å². The fourth-order valence-corrected chi connectivity index (χ4v) is 5.48. The van der Waals surface area contributed by atoms with Crippen LogP contribution in [0, 0.1) is 12.7 Å². The molecule has 0 saturated carbocycles. The zero-order valence-electron chi connectivity index (χ0n) is 19.5. The molecular weight excluding hydrogens is 453 g/mol. The molecule has 5 rings (SSSR count). The molecule has 0 fully saturated rings. The first-order valence-electron chi connectivity index (χ1n) is 11.1. The van der Waals surface area contributed by atoms with Crippen molar-refractivity contribution in [3.05, 3.63) is 65.4 Å². The zero-order valence-corrected chi connectivity index (χ0v) is 20.3. The van der Waals surface area contributed by atoms with Gasteiger partial charge in [-0.2, -0.15) is 8.42 Å². The number of rotatable bonds is 5. The van der Waals surface area contributed by atoms with E-state index in [4.69, 9.17) is 0 Å². The Morgan fingerprint density at radius 3 is 2.65 bits per heavy atom. The molecule has 0 atom stereocenters. The van der Waals surface area contributed by atoms with Crippen molar-refractivity contribution in [2.45, 2.75) is 38.1 Å². The van der Waals surface area contributed by atoms with Crippen molar-refractivity contribution >= 4 is 32.4 Å². The minimum atomic E-state index is -3.99. The Morgan fingerprint density at radius 2 is 1.94 bits per heavy atom. The first-order chi connectivity index (χ1) is 16.2. The van der Waals surface area contributed by atoms with Gasteiger partial charge in [-0.3, -0.25) is 4.72 Å². The van der Waals surface area contributed by atoms with Crippen LogP contribution in [0.3, 0.4) is 0 Å². The monoisotopic (exact) mass is 479 g/mol. The van der Waals surface area contributed by atoms with Gasteiger partial charge in [0.05, 0.1) is 11.1 Å². The van der Waals surface area contributed by atoms with Gasteiger partial charge in [0.1, 0.15) is 11.5 Å². The molecule has 4 heterocycles. The number of H-pyrrole nitrogens is 1. The van der Waals surface area contributed by atoms with E-state index in [1.165, 1.54) is 12.3 Å². The maximum Gasteiger partial charge on any atom is 0.279 e. The van der Waals surface area contributed by atoms with Gasteiger partial charge in [0.15, 0.2) is 5.03 Å². The number of hydrogen-bond acceptors (Lipinski definition) is 5. The van der Waals surface area contributed by atoms with Crippen LogP contribution < -0.4 is 9.62 Å². The molecule has 0 radical (unpaired) electrons. The summed E-state index contributed by atoms with van der Waals surface area (Å²) in [5.74, 6) is -0.377. The quantitative estimate of drug-likeness (QED) is 0.421. The van der Waals surface area contributed by atoms with Gasteiger partial charge in [-0.1, -0.05) is 19.9 Å². The standard InChI is InChI=1S/C25H26FN5O2S/c1-14(2)18-12-28-25-23(24(18)30-34(32,33)22-6-5-15(3)11-27-22)19(13-29-25)17-10-21-16(9-20(17)26)7-8-31(21)4/h5-6,9-14H,7-8H2,1-4H3,(H2,28,29,30). The van der Waals surface area contributed by atoms with Crippen molar-refractivity contribution in [1.82, 2.24) is 15.0 Å². The molecular formula is C25H26FN5O2S. The molecule has 9 heteroatoms. The van der Waals surface area contributed by atoms with Crippen molar-refractivity contribution in [3.63, 3.8) is 0 Å². The summed E-state index contributed by atoms with van der Waals surface area (Å²) in [4.78, 5) is 13.8. The predicted octanol–water partition coefficient (Wildman–Crippen LogP) is 4.99. The summed E-state index contributed by atoms with van der Waals surface area (Å²) in [5.41, 5.74) is 5.33. The Morgan fingerprint density at radius 1 is 1.15 bits per heavy atom. The molecule has 34 heavy (non-hydrogen) atoms. The molecule has 3 aromatic heterocycles. The van der Waals surface area contributed by atoms with E-state index in [-0.39, 0.29) is 16.8 Å². The van der Waals surface area contributed by atoms with E-state index in [9.17, 15) is 8.42 Å². The maximum atomic E-state index is 15.3. The highest BCUT2D eigenvalue weighted by molar-refractivity contribution is 7.92. The Bertz CT molecular complexity index is 1510. The maximum absolute atomic E-state index is 15.3. The van der Waals surface area contributed by atoms with Gasteiger partial charge in [0, 0.05) is 49.0 Å². The molecule has 1 aromatic carbocycles. The lowest BCUT2D eigenvalue weighted by Crippen LogP contribution is -2.16. The normalized spacial score (nSPS) is 13.6. The number of aromatic amines is 1. The number of aromatic nitrogens is 3. The number of likely N-dealkylation sites (N-methyl/N-ethyl adjacent to an activating group) is 1. The Balaban J connectivity index is 1.72. The summed E-state index contributed by atoms with van der Waals surface area (Å²) in [7, 11) is -2.01. The molecule has 0 saturated heterocycles. The Hall–Kier alpha value is -3.46. The second-order valence-electron chi connectivity index (χ2n) is 9.08. The van der Waals surface area contributed by atoms with Crippen LogP contribution in [0.2, 0.25) is 0 Å². The SMILES string of the molecule is Cc1ccc(S(=O)(=O)Nc2c(C(C)C)cnc3[nH]cc(-c4cc5c(cc4F)CCN5C)c23)nc1. The lowest BCUT2D eigenvalue weighted by atomic mass is 9.97. The smallest absolute Gasteiger partial charge is 0.279 e. The number of fused-ring (bicyclic) bond motifs is 2. The number of sulfonamides is 1. The second kappa shape index (κ2) is 8.09. The molecule has 0 unspecified atom stereocenters. The minimum absolute atomic E-state index is 0.0284. The molecule has 0 spiro atoms. The molecule has 176 valence electrons. The predicted molar refractivity (Wildman–Crippen MR) is 132 cm³/mol. The summed E-state index contributed by atoms with van der Waals surface area (Å²) >= 11 is 0. The van der Waals surface area contributed by atoms with E-state index >= 15 is 4.39 Å². The summed E-state index contributed by atoms with van der Waals surface area (Å²) < 4.78 is 44.6. The van der Waals surface area contributed by atoms with Gasteiger partial charge >= 0.3 is 0 Å². The van der Waals surface area contributed by atoms with Crippen LogP contribution in [0.25, 0.3) is 22.2 Å². The molecule has 1 aliphatic rings. The Kier molecular flexibility index (Phi) is 5.31. The molecule has 0 aliphatic carbocycles. The van der Waals surface area contributed by atoms with E-state index in [0.717, 1.165) is 29.8 Å². The third-order valence-electron chi connectivity index (χ3n) is 6.34. The fourth-order valence-electron chi connectivity index (χ4n) is 4.44.